The minimum absolute atomic E-state index is 0.0498. The van der Waals surface area contributed by atoms with Crippen molar-refractivity contribution >= 4 is 5.97 Å². The van der Waals surface area contributed by atoms with Gasteiger partial charge >= 0.3 is 5.97 Å². The number of methoxy groups -OCH3 is 1. The van der Waals surface area contributed by atoms with Crippen LogP contribution in [0, 0.1) is 0 Å². The molecule has 1 aromatic carbocycles. The third-order valence-electron chi connectivity index (χ3n) is 2.98. The van der Waals surface area contributed by atoms with Gasteiger partial charge in [-0.2, -0.15) is 0 Å². The fourth-order valence-corrected chi connectivity index (χ4v) is 2.25. The van der Waals surface area contributed by atoms with Crippen LogP contribution in [0.25, 0.3) is 0 Å². The van der Waals surface area contributed by atoms with Crippen molar-refractivity contribution in [2.75, 3.05) is 7.11 Å². The van der Waals surface area contributed by atoms with Gasteiger partial charge in [-0.1, -0.05) is 31.2 Å². The molecule has 0 radical (unpaired) electrons. The molecule has 0 amide bonds. The zero-order valence-corrected chi connectivity index (χ0v) is 8.49. The average molecular weight is 190 g/mol. The van der Waals surface area contributed by atoms with Crippen LogP contribution in [0.3, 0.4) is 0 Å². The van der Waals surface area contributed by atoms with Crippen molar-refractivity contribution in [3.8, 4) is 0 Å². The van der Waals surface area contributed by atoms with Crippen molar-refractivity contribution in [3.63, 3.8) is 0 Å². The summed E-state index contributed by atoms with van der Waals surface area (Å²) in [6, 6.07) is 8.13. The second-order valence-corrected chi connectivity index (χ2v) is 3.84. The molecule has 74 valence electrons. The summed E-state index contributed by atoms with van der Waals surface area (Å²) in [6.07, 6.45) is 0.881. The first kappa shape index (κ1) is 9.25. The van der Waals surface area contributed by atoms with E-state index in [9.17, 15) is 4.79 Å². The lowest BCUT2D eigenvalue weighted by Crippen LogP contribution is -2.11. The Morgan fingerprint density at radius 1 is 1.36 bits per heavy atom. The number of benzene rings is 1. The molecule has 0 bridgehead atoms. The number of carbonyl (C=O) groups is 1. The summed E-state index contributed by atoms with van der Waals surface area (Å²) in [6.45, 7) is 2.15. The zero-order valence-electron chi connectivity index (χ0n) is 8.49. The maximum Gasteiger partial charge on any atom is 0.313 e. The Morgan fingerprint density at radius 2 is 2.00 bits per heavy atom. The van der Waals surface area contributed by atoms with E-state index in [4.69, 9.17) is 4.74 Å². The van der Waals surface area contributed by atoms with Crippen LogP contribution in [0.1, 0.15) is 36.3 Å². The van der Waals surface area contributed by atoms with Crippen LogP contribution in [0.5, 0.6) is 0 Å². The number of esters is 1. The topological polar surface area (TPSA) is 26.3 Å². The second kappa shape index (κ2) is 3.45. The SMILES string of the molecule is COC(=O)[C@H]1C[C@@H](C)c2ccccc21. The summed E-state index contributed by atoms with van der Waals surface area (Å²) < 4.78 is 4.80. The van der Waals surface area contributed by atoms with Crippen LogP contribution in [-0.2, 0) is 9.53 Å². The Kier molecular flexibility index (Phi) is 2.28. The molecular weight excluding hydrogens is 176 g/mol. The fraction of sp³-hybridized carbons (Fsp3) is 0.417. The molecule has 0 aliphatic heterocycles. The van der Waals surface area contributed by atoms with Gasteiger partial charge in [0.25, 0.3) is 0 Å². The van der Waals surface area contributed by atoms with E-state index in [1.807, 2.05) is 18.2 Å². The van der Waals surface area contributed by atoms with E-state index in [1.165, 1.54) is 12.7 Å². The van der Waals surface area contributed by atoms with Crippen LogP contribution < -0.4 is 0 Å². The molecule has 0 aromatic heterocycles. The Bertz CT molecular complexity index is 357. The molecule has 0 unspecified atom stereocenters. The highest BCUT2D eigenvalue weighted by Crippen LogP contribution is 2.41. The number of rotatable bonds is 1. The molecule has 2 atom stereocenters. The van der Waals surface area contributed by atoms with Gasteiger partial charge in [-0.05, 0) is 23.5 Å². The largest absolute Gasteiger partial charge is 0.469 e. The van der Waals surface area contributed by atoms with Gasteiger partial charge in [0.1, 0.15) is 0 Å². The summed E-state index contributed by atoms with van der Waals surface area (Å²) in [5.74, 6) is 0.309. The third-order valence-corrected chi connectivity index (χ3v) is 2.98. The van der Waals surface area contributed by atoms with Crippen LogP contribution >= 0.6 is 0 Å². The molecular formula is C12H14O2. The van der Waals surface area contributed by atoms with Crippen molar-refractivity contribution in [2.45, 2.75) is 25.2 Å². The highest BCUT2D eigenvalue weighted by molar-refractivity contribution is 5.80. The highest BCUT2D eigenvalue weighted by atomic mass is 16.5. The van der Waals surface area contributed by atoms with Gasteiger partial charge in [-0.15, -0.1) is 0 Å². The molecule has 2 heteroatoms. The van der Waals surface area contributed by atoms with E-state index < -0.39 is 0 Å². The zero-order chi connectivity index (χ0) is 10.1. The molecule has 1 aliphatic carbocycles. The second-order valence-electron chi connectivity index (χ2n) is 3.84. The number of hydrogen-bond donors (Lipinski definition) is 0. The minimum Gasteiger partial charge on any atom is -0.469 e. The van der Waals surface area contributed by atoms with E-state index in [0.29, 0.717) is 5.92 Å². The maximum atomic E-state index is 11.5. The van der Waals surface area contributed by atoms with Crippen molar-refractivity contribution in [1.82, 2.24) is 0 Å². The highest BCUT2D eigenvalue weighted by Gasteiger charge is 2.33. The molecule has 14 heavy (non-hydrogen) atoms. The minimum atomic E-state index is -0.109. The average Bonchev–Trinajstić information content (AvgIpc) is 2.56. The third kappa shape index (κ3) is 1.31. The molecule has 2 nitrogen and oxygen atoms in total. The number of hydrogen-bond acceptors (Lipinski definition) is 2. The van der Waals surface area contributed by atoms with E-state index in [1.54, 1.807) is 0 Å². The number of carbonyl (C=O) groups excluding carboxylic acids is 1. The quantitative estimate of drug-likeness (QED) is 0.636. The van der Waals surface area contributed by atoms with E-state index >= 15 is 0 Å². The van der Waals surface area contributed by atoms with Gasteiger partial charge in [0, 0.05) is 0 Å². The first-order valence-corrected chi connectivity index (χ1v) is 4.90. The fourth-order valence-electron chi connectivity index (χ4n) is 2.25. The summed E-state index contributed by atoms with van der Waals surface area (Å²) >= 11 is 0. The van der Waals surface area contributed by atoms with Crippen LogP contribution in [0.15, 0.2) is 24.3 Å². The van der Waals surface area contributed by atoms with Gasteiger partial charge in [-0.3, -0.25) is 4.79 Å². The normalized spacial score (nSPS) is 24.4. The Labute approximate surface area is 83.9 Å². The van der Waals surface area contributed by atoms with E-state index in [-0.39, 0.29) is 11.9 Å². The van der Waals surface area contributed by atoms with Crippen molar-refractivity contribution < 1.29 is 9.53 Å². The van der Waals surface area contributed by atoms with Gasteiger partial charge in [0.05, 0.1) is 13.0 Å². The van der Waals surface area contributed by atoms with Gasteiger partial charge in [0.2, 0.25) is 0 Å². The van der Waals surface area contributed by atoms with Gasteiger partial charge in [-0.25, -0.2) is 0 Å². The predicted octanol–water partition coefficient (Wildman–Crippen LogP) is 2.45. The first-order valence-electron chi connectivity index (χ1n) is 4.90. The molecule has 0 spiro atoms. The maximum absolute atomic E-state index is 11.5. The van der Waals surface area contributed by atoms with Crippen molar-refractivity contribution in [3.05, 3.63) is 35.4 Å². The lowest BCUT2D eigenvalue weighted by molar-refractivity contribution is -0.142. The Balaban J connectivity index is 2.39. The molecule has 0 saturated carbocycles. The number of ether oxygens (including phenoxy) is 1. The summed E-state index contributed by atoms with van der Waals surface area (Å²) in [4.78, 5) is 11.5. The molecule has 0 saturated heterocycles. The Morgan fingerprint density at radius 3 is 2.64 bits per heavy atom. The van der Waals surface area contributed by atoms with Crippen LogP contribution in [0.2, 0.25) is 0 Å². The van der Waals surface area contributed by atoms with E-state index in [0.717, 1.165) is 12.0 Å². The lowest BCUT2D eigenvalue weighted by Gasteiger charge is -2.07. The van der Waals surface area contributed by atoms with Crippen molar-refractivity contribution in [2.24, 2.45) is 0 Å². The van der Waals surface area contributed by atoms with Crippen LogP contribution in [0.4, 0.5) is 0 Å². The van der Waals surface area contributed by atoms with Gasteiger partial charge < -0.3 is 4.74 Å². The molecule has 1 aliphatic rings. The first-order chi connectivity index (χ1) is 6.74. The molecule has 0 fully saturated rings. The molecule has 0 N–H and O–H groups in total. The summed E-state index contributed by atoms with van der Waals surface area (Å²) in [5, 5.41) is 0. The van der Waals surface area contributed by atoms with Crippen LogP contribution in [-0.4, -0.2) is 13.1 Å². The Hall–Kier alpha value is -1.31. The number of fused-ring (bicyclic) bond motifs is 1. The smallest absolute Gasteiger partial charge is 0.313 e. The molecule has 0 heterocycles. The monoisotopic (exact) mass is 190 g/mol. The van der Waals surface area contributed by atoms with E-state index in [2.05, 4.69) is 13.0 Å². The molecule has 2 rings (SSSR count). The van der Waals surface area contributed by atoms with Gasteiger partial charge in [0.15, 0.2) is 0 Å². The summed E-state index contributed by atoms with van der Waals surface area (Å²) in [5.41, 5.74) is 2.44. The standard InChI is InChI=1S/C12H14O2/c1-8-7-11(12(13)14-2)10-6-4-3-5-9(8)10/h3-6,8,11H,7H2,1-2H3/t8-,11+/m1/s1. The summed E-state index contributed by atoms with van der Waals surface area (Å²) in [7, 11) is 1.45. The van der Waals surface area contributed by atoms with Crippen molar-refractivity contribution in [1.29, 1.82) is 0 Å². The molecule has 1 aromatic rings. The predicted molar refractivity (Wildman–Crippen MR) is 54.2 cm³/mol. The lowest BCUT2D eigenvalue weighted by atomic mass is 10.0.